The molecule has 0 amide bonds. The Labute approximate surface area is 105 Å². The Morgan fingerprint density at radius 2 is 2.06 bits per heavy atom. The van der Waals surface area contributed by atoms with Crippen molar-refractivity contribution in [1.82, 2.24) is 5.32 Å². The van der Waals surface area contributed by atoms with Crippen LogP contribution in [-0.2, 0) is 17.3 Å². The molecule has 8 heteroatoms. The van der Waals surface area contributed by atoms with Crippen LogP contribution in [0, 0.1) is 21.7 Å². The van der Waals surface area contributed by atoms with Crippen molar-refractivity contribution in [3.63, 3.8) is 0 Å². The number of nitro groups is 1. The normalized spacial score (nSPS) is 12.4. The lowest BCUT2D eigenvalue weighted by atomic mass is 10.2. The van der Waals surface area contributed by atoms with Gasteiger partial charge < -0.3 is 5.32 Å². The molecule has 1 aromatic rings. The van der Waals surface area contributed by atoms with Crippen LogP contribution in [0.5, 0.6) is 0 Å². The maximum Gasteiger partial charge on any atom is 0.305 e. The van der Waals surface area contributed by atoms with Crippen LogP contribution < -0.4 is 5.32 Å². The first-order valence-electron chi connectivity index (χ1n) is 5.05. The summed E-state index contributed by atoms with van der Waals surface area (Å²) in [6.45, 7) is 0.401. The molecule has 100 valence electrons. The SMILES string of the molecule is CS(=O)CCNCc1cc([N+](=O)[O-])c(F)cc1F. The van der Waals surface area contributed by atoms with E-state index in [1.807, 2.05) is 0 Å². The Morgan fingerprint density at radius 1 is 1.39 bits per heavy atom. The predicted molar refractivity (Wildman–Crippen MR) is 63.7 cm³/mol. The van der Waals surface area contributed by atoms with Crippen molar-refractivity contribution in [2.75, 3.05) is 18.6 Å². The van der Waals surface area contributed by atoms with Gasteiger partial charge in [0, 0.05) is 53.6 Å². The fraction of sp³-hybridized carbons (Fsp3) is 0.400. The van der Waals surface area contributed by atoms with E-state index < -0.39 is 33.0 Å². The van der Waals surface area contributed by atoms with Gasteiger partial charge in [-0.15, -0.1) is 0 Å². The lowest BCUT2D eigenvalue weighted by Crippen LogP contribution is -2.20. The van der Waals surface area contributed by atoms with Crippen LogP contribution in [-0.4, -0.2) is 27.7 Å². The molecule has 1 atom stereocenters. The second kappa shape index (κ2) is 6.50. The van der Waals surface area contributed by atoms with Crippen molar-refractivity contribution < 1.29 is 17.9 Å². The van der Waals surface area contributed by atoms with Gasteiger partial charge in [0.1, 0.15) is 5.82 Å². The molecular weight excluding hydrogens is 266 g/mol. The molecule has 5 nitrogen and oxygen atoms in total. The lowest BCUT2D eigenvalue weighted by molar-refractivity contribution is -0.387. The third-order valence-corrected chi connectivity index (χ3v) is 2.97. The molecule has 0 bridgehead atoms. The van der Waals surface area contributed by atoms with Crippen molar-refractivity contribution in [2.24, 2.45) is 0 Å². The first-order valence-corrected chi connectivity index (χ1v) is 6.77. The third kappa shape index (κ3) is 4.11. The van der Waals surface area contributed by atoms with Crippen LogP contribution >= 0.6 is 0 Å². The van der Waals surface area contributed by atoms with Crippen molar-refractivity contribution in [3.05, 3.63) is 39.4 Å². The van der Waals surface area contributed by atoms with Gasteiger partial charge in [-0.1, -0.05) is 0 Å². The monoisotopic (exact) mass is 278 g/mol. The molecule has 0 saturated carbocycles. The van der Waals surface area contributed by atoms with E-state index in [-0.39, 0.29) is 12.1 Å². The number of hydrogen-bond acceptors (Lipinski definition) is 4. The average Bonchev–Trinajstić information content (AvgIpc) is 2.25. The number of nitro benzene ring substituents is 1. The molecule has 0 aliphatic carbocycles. The van der Waals surface area contributed by atoms with Gasteiger partial charge in [0.25, 0.3) is 0 Å². The van der Waals surface area contributed by atoms with E-state index >= 15 is 0 Å². The molecule has 1 aromatic carbocycles. The minimum Gasteiger partial charge on any atom is -0.312 e. The summed E-state index contributed by atoms with van der Waals surface area (Å²) in [5.41, 5.74) is -0.753. The summed E-state index contributed by atoms with van der Waals surface area (Å²) < 4.78 is 37.1. The highest BCUT2D eigenvalue weighted by atomic mass is 32.2. The minimum atomic E-state index is -1.20. The van der Waals surface area contributed by atoms with E-state index in [1.54, 1.807) is 0 Å². The summed E-state index contributed by atoms with van der Waals surface area (Å²) in [4.78, 5) is 9.58. The molecule has 0 aromatic heterocycles. The van der Waals surface area contributed by atoms with E-state index in [0.29, 0.717) is 18.4 Å². The average molecular weight is 278 g/mol. The zero-order valence-electron chi connectivity index (χ0n) is 9.61. The van der Waals surface area contributed by atoms with Crippen LogP contribution in [0.1, 0.15) is 5.56 Å². The fourth-order valence-electron chi connectivity index (χ4n) is 1.30. The number of rotatable bonds is 6. The summed E-state index contributed by atoms with van der Waals surface area (Å²) in [5, 5.41) is 13.3. The molecular formula is C10H12F2N2O3S. The van der Waals surface area contributed by atoms with Gasteiger partial charge in [-0.05, 0) is 0 Å². The predicted octanol–water partition coefficient (Wildman–Crippen LogP) is 1.34. The number of nitrogens with one attached hydrogen (secondary N) is 1. The molecule has 0 saturated heterocycles. The largest absolute Gasteiger partial charge is 0.312 e. The second-order valence-electron chi connectivity index (χ2n) is 3.61. The van der Waals surface area contributed by atoms with Gasteiger partial charge >= 0.3 is 5.69 Å². The Hall–Kier alpha value is -1.41. The van der Waals surface area contributed by atoms with Crippen LogP contribution in [0.2, 0.25) is 0 Å². The molecule has 18 heavy (non-hydrogen) atoms. The van der Waals surface area contributed by atoms with E-state index in [9.17, 15) is 23.1 Å². The Kier molecular flexibility index (Phi) is 5.29. The molecule has 0 aliphatic rings. The third-order valence-electron chi connectivity index (χ3n) is 2.19. The van der Waals surface area contributed by atoms with E-state index in [1.165, 1.54) is 6.26 Å². The van der Waals surface area contributed by atoms with Crippen LogP contribution in [0.15, 0.2) is 12.1 Å². The van der Waals surface area contributed by atoms with Crippen molar-refractivity contribution in [2.45, 2.75) is 6.54 Å². The standard InChI is InChI=1S/C10H12F2N2O3S/c1-18(17)3-2-13-6-7-4-10(14(15)16)9(12)5-8(7)11/h4-5,13H,2-3,6H2,1H3. The molecule has 0 heterocycles. The molecule has 0 fully saturated rings. The molecule has 1 rings (SSSR count). The van der Waals surface area contributed by atoms with Gasteiger partial charge in [0.15, 0.2) is 0 Å². The van der Waals surface area contributed by atoms with E-state index in [4.69, 9.17) is 0 Å². The summed E-state index contributed by atoms with van der Waals surface area (Å²) in [6.07, 6.45) is 1.53. The second-order valence-corrected chi connectivity index (χ2v) is 5.16. The van der Waals surface area contributed by atoms with Crippen LogP contribution in [0.4, 0.5) is 14.5 Å². The van der Waals surface area contributed by atoms with Gasteiger partial charge in [-0.25, -0.2) is 4.39 Å². The first-order chi connectivity index (χ1) is 8.41. The van der Waals surface area contributed by atoms with Gasteiger partial charge in [0.05, 0.1) is 4.92 Å². The first kappa shape index (κ1) is 14.7. The Bertz CT molecular complexity index is 482. The van der Waals surface area contributed by atoms with Gasteiger partial charge in [0.2, 0.25) is 5.82 Å². The highest BCUT2D eigenvalue weighted by Gasteiger charge is 2.18. The topological polar surface area (TPSA) is 72.2 Å². The molecule has 1 N–H and O–H groups in total. The van der Waals surface area contributed by atoms with Gasteiger partial charge in [-0.2, -0.15) is 4.39 Å². The summed E-state index contributed by atoms with van der Waals surface area (Å²) in [6, 6.07) is 1.35. The molecule has 0 spiro atoms. The number of hydrogen-bond donors (Lipinski definition) is 1. The van der Waals surface area contributed by atoms with Crippen molar-refractivity contribution in [3.8, 4) is 0 Å². The maximum absolute atomic E-state index is 13.3. The quantitative estimate of drug-likeness (QED) is 0.484. The van der Waals surface area contributed by atoms with Crippen molar-refractivity contribution in [1.29, 1.82) is 0 Å². The summed E-state index contributed by atoms with van der Waals surface area (Å²) in [7, 11) is -0.969. The molecule has 0 radical (unpaired) electrons. The Morgan fingerprint density at radius 3 is 2.61 bits per heavy atom. The minimum absolute atomic E-state index is 0.00462. The van der Waals surface area contributed by atoms with Gasteiger partial charge in [-0.3, -0.25) is 14.3 Å². The zero-order chi connectivity index (χ0) is 13.7. The molecule has 0 aliphatic heterocycles. The van der Waals surface area contributed by atoms with E-state index in [2.05, 4.69) is 5.32 Å². The smallest absolute Gasteiger partial charge is 0.305 e. The van der Waals surface area contributed by atoms with Crippen molar-refractivity contribution >= 4 is 16.5 Å². The van der Waals surface area contributed by atoms with Crippen LogP contribution in [0.25, 0.3) is 0 Å². The Balaban J connectivity index is 2.73. The van der Waals surface area contributed by atoms with Crippen LogP contribution in [0.3, 0.4) is 0 Å². The number of benzene rings is 1. The highest BCUT2D eigenvalue weighted by Crippen LogP contribution is 2.21. The number of nitrogens with zero attached hydrogens (tertiary/aromatic N) is 1. The highest BCUT2D eigenvalue weighted by molar-refractivity contribution is 7.84. The molecule has 1 unspecified atom stereocenters. The summed E-state index contributed by atoms with van der Waals surface area (Å²) >= 11 is 0. The lowest BCUT2D eigenvalue weighted by Gasteiger charge is -2.05. The van der Waals surface area contributed by atoms with E-state index in [0.717, 1.165) is 6.07 Å². The fourth-order valence-corrected chi connectivity index (χ4v) is 1.73. The number of halogens is 2. The zero-order valence-corrected chi connectivity index (χ0v) is 10.4. The maximum atomic E-state index is 13.3. The summed E-state index contributed by atoms with van der Waals surface area (Å²) in [5.74, 6) is -1.65.